The summed E-state index contributed by atoms with van der Waals surface area (Å²) in [6.07, 6.45) is 1.10. The van der Waals surface area contributed by atoms with Crippen LogP contribution in [0.15, 0.2) is 18.2 Å². The highest BCUT2D eigenvalue weighted by Crippen LogP contribution is 2.23. The molecule has 1 aromatic rings. The molecule has 0 aliphatic heterocycles. The van der Waals surface area contributed by atoms with Gasteiger partial charge in [-0.1, -0.05) is 17.7 Å². The molecule has 0 aliphatic rings. The first-order chi connectivity index (χ1) is 9.95. The van der Waals surface area contributed by atoms with Crippen molar-refractivity contribution in [3.05, 3.63) is 29.3 Å². The normalized spacial score (nSPS) is 12.6. The highest BCUT2D eigenvalue weighted by molar-refractivity contribution is 7.92. The maximum Gasteiger partial charge on any atom is 0.278 e. The second-order valence-corrected chi connectivity index (χ2v) is 9.18. The van der Waals surface area contributed by atoms with E-state index in [1.165, 1.54) is 18.4 Å². The molecule has 1 aromatic carbocycles. The van der Waals surface area contributed by atoms with Crippen molar-refractivity contribution in [1.29, 1.82) is 0 Å². The topological polar surface area (TPSA) is 86.8 Å². The number of aryl methyl sites for hydroxylation is 2. The first-order valence-electron chi connectivity index (χ1n) is 6.67. The van der Waals surface area contributed by atoms with Gasteiger partial charge in [-0.05, 0) is 25.5 Å². The summed E-state index contributed by atoms with van der Waals surface area (Å²) in [5.74, 6) is 0. The highest BCUT2D eigenvalue weighted by atomic mass is 32.2. The van der Waals surface area contributed by atoms with E-state index in [0.29, 0.717) is 5.69 Å². The van der Waals surface area contributed by atoms with Crippen LogP contribution in [0.4, 0.5) is 5.69 Å². The van der Waals surface area contributed by atoms with Crippen LogP contribution in [0.1, 0.15) is 11.1 Å². The van der Waals surface area contributed by atoms with Crippen molar-refractivity contribution in [3.8, 4) is 0 Å². The van der Waals surface area contributed by atoms with Crippen LogP contribution in [0.3, 0.4) is 0 Å². The molecule has 22 heavy (non-hydrogen) atoms. The maximum absolute atomic E-state index is 12.0. The predicted molar refractivity (Wildman–Crippen MR) is 88.7 cm³/mol. The molecule has 0 unspecified atom stereocenters. The van der Waals surface area contributed by atoms with Crippen molar-refractivity contribution in [1.82, 2.24) is 9.03 Å². The van der Waals surface area contributed by atoms with Gasteiger partial charge in [0, 0.05) is 27.2 Å². The van der Waals surface area contributed by atoms with E-state index in [-0.39, 0.29) is 13.1 Å². The van der Waals surface area contributed by atoms with Crippen LogP contribution in [-0.4, -0.2) is 54.6 Å². The van der Waals surface area contributed by atoms with Crippen LogP contribution in [0.2, 0.25) is 0 Å². The largest absolute Gasteiger partial charge is 0.278 e. The van der Waals surface area contributed by atoms with Crippen molar-refractivity contribution in [2.24, 2.45) is 0 Å². The lowest BCUT2D eigenvalue weighted by Gasteiger charge is -2.25. The van der Waals surface area contributed by atoms with Crippen molar-refractivity contribution in [2.75, 3.05) is 37.7 Å². The summed E-state index contributed by atoms with van der Waals surface area (Å²) in [6.45, 7) is 3.76. The van der Waals surface area contributed by atoms with Gasteiger partial charge in [-0.25, -0.2) is 13.1 Å². The van der Waals surface area contributed by atoms with Crippen LogP contribution in [0.5, 0.6) is 0 Å². The average Bonchev–Trinajstić information content (AvgIpc) is 2.34. The third-order valence-electron chi connectivity index (χ3n) is 3.10. The molecule has 0 radical (unpaired) electrons. The van der Waals surface area contributed by atoms with Gasteiger partial charge in [-0.2, -0.15) is 12.7 Å². The lowest BCUT2D eigenvalue weighted by Crippen LogP contribution is -2.42. The minimum atomic E-state index is -3.58. The Morgan fingerprint density at radius 2 is 1.68 bits per heavy atom. The Morgan fingerprint density at radius 1 is 1.09 bits per heavy atom. The molecular formula is C13H23N3O4S2. The molecule has 0 spiro atoms. The van der Waals surface area contributed by atoms with Crippen LogP contribution in [0.25, 0.3) is 0 Å². The minimum Gasteiger partial charge on any atom is -0.269 e. The second-order valence-electron chi connectivity index (χ2n) is 5.31. The van der Waals surface area contributed by atoms with E-state index in [1.807, 2.05) is 26.0 Å². The van der Waals surface area contributed by atoms with Gasteiger partial charge in [0.15, 0.2) is 0 Å². The Labute approximate surface area is 133 Å². The van der Waals surface area contributed by atoms with Crippen LogP contribution >= 0.6 is 0 Å². The van der Waals surface area contributed by atoms with Crippen molar-refractivity contribution in [2.45, 2.75) is 13.8 Å². The van der Waals surface area contributed by atoms with E-state index >= 15 is 0 Å². The Morgan fingerprint density at radius 3 is 2.14 bits per heavy atom. The third-order valence-corrected chi connectivity index (χ3v) is 5.81. The molecular weight excluding hydrogens is 326 g/mol. The molecule has 1 N–H and O–H groups in total. The lowest BCUT2D eigenvalue weighted by molar-refractivity contribution is 0.506. The summed E-state index contributed by atoms with van der Waals surface area (Å²) in [4.78, 5) is 0. The molecule has 1 rings (SSSR count). The quantitative estimate of drug-likeness (QED) is 0.775. The molecule has 126 valence electrons. The van der Waals surface area contributed by atoms with Crippen molar-refractivity contribution < 1.29 is 16.8 Å². The minimum absolute atomic E-state index is 0.0130. The summed E-state index contributed by atoms with van der Waals surface area (Å²) in [7, 11) is -4.28. The van der Waals surface area contributed by atoms with E-state index in [9.17, 15) is 16.8 Å². The number of hydrogen-bond acceptors (Lipinski definition) is 4. The zero-order valence-electron chi connectivity index (χ0n) is 13.5. The molecule has 0 aromatic heterocycles. The maximum atomic E-state index is 12.0. The number of hydrogen-bond donors (Lipinski definition) is 1. The first-order valence-corrected chi connectivity index (χ1v) is 9.96. The SMILES string of the molecule is Cc1ccc(N(CCNS(=O)(=O)N(C)C)S(C)(=O)=O)c(C)c1. The number of benzene rings is 1. The molecule has 0 saturated heterocycles. The molecule has 0 bridgehead atoms. The van der Waals surface area contributed by atoms with Gasteiger partial charge in [0.25, 0.3) is 10.2 Å². The van der Waals surface area contributed by atoms with Gasteiger partial charge in [-0.15, -0.1) is 0 Å². The van der Waals surface area contributed by atoms with Crippen LogP contribution < -0.4 is 9.03 Å². The fourth-order valence-electron chi connectivity index (χ4n) is 1.96. The summed E-state index contributed by atoms with van der Waals surface area (Å²) in [5.41, 5.74) is 2.40. The molecule has 0 amide bonds. The third kappa shape index (κ3) is 4.94. The van der Waals surface area contributed by atoms with Gasteiger partial charge in [-0.3, -0.25) is 4.31 Å². The number of sulfonamides is 1. The molecule has 0 fully saturated rings. The molecule has 9 heteroatoms. The predicted octanol–water partition coefficient (Wildman–Crippen LogP) is 0.465. The molecule has 0 aliphatic carbocycles. The van der Waals surface area contributed by atoms with E-state index in [4.69, 9.17) is 0 Å². The molecule has 0 atom stereocenters. The molecule has 0 heterocycles. The zero-order chi connectivity index (χ0) is 17.1. The number of nitrogens with zero attached hydrogens (tertiary/aromatic N) is 2. The van der Waals surface area contributed by atoms with E-state index in [1.54, 1.807) is 6.07 Å². The van der Waals surface area contributed by atoms with Gasteiger partial charge < -0.3 is 0 Å². The Kier molecular flexibility index (Phi) is 5.96. The van der Waals surface area contributed by atoms with Gasteiger partial charge in [0.1, 0.15) is 0 Å². The van der Waals surface area contributed by atoms with Crippen molar-refractivity contribution in [3.63, 3.8) is 0 Å². The summed E-state index contributed by atoms with van der Waals surface area (Å²) in [5, 5.41) is 0. The van der Waals surface area contributed by atoms with E-state index < -0.39 is 20.2 Å². The summed E-state index contributed by atoms with van der Waals surface area (Å²) in [6, 6.07) is 5.44. The van der Waals surface area contributed by atoms with E-state index in [0.717, 1.165) is 21.7 Å². The van der Waals surface area contributed by atoms with Gasteiger partial charge in [0.05, 0.1) is 11.9 Å². The molecule has 7 nitrogen and oxygen atoms in total. The fourth-order valence-corrected chi connectivity index (χ4v) is 3.55. The highest BCUT2D eigenvalue weighted by Gasteiger charge is 2.20. The van der Waals surface area contributed by atoms with E-state index in [2.05, 4.69) is 4.72 Å². The summed E-state index contributed by atoms with van der Waals surface area (Å²) < 4.78 is 51.9. The number of anilines is 1. The zero-order valence-corrected chi connectivity index (χ0v) is 15.1. The Hall–Kier alpha value is -1.16. The fraction of sp³-hybridized carbons (Fsp3) is 0.538. The van der Waals surface area contributed by atoms with Crippen molar-refractivity contribution >= 4 is 25.9 Å². The van der Waals surface area contributed by atoms with Crippen LogP contribution in [-0.2, 0) is 20.2 Å². The smallest absolute Gasteiger partial charge is 0.269 e. The molecule has 0 saturated carbocycles. The van der Waals surface area contributed by atoms with Gasteiger partial charge >= 0.3 is 0 Å². The standard InChI is InChI=1S/C13H23N3O4S2/c1-11-6-7-13(12(2)10-11)16(21(5,17)18)9-8-14-22(19,20)15(3)4/h6-7,10,14H,8-9H2,1-5H3. The van der Waals surface area contributed by atoms with Crippen LogP contribution in [0, 0.1) is 13.8 Å². The average molecular weight is 349 g/mol. The number of rotatable bonds is 7. The first kappa shape index (κ1) is 18.9. The Bertz CT molecular complexity index is 728. The van der Waals surface area contributed by atoms with Gasteiger partial charge in [0.2, 0.25) is 10.0 Å². The summed E-state index contributed by atoms with van der Waals surface area (Å²) >= 11 is 0. The monoisotopic (exact) mass is 349 g/mol. The second kappa shape index (κ2) is 6.95. The lowest BCUT2D eigenvalue weighted by atomic mass is 10.1. The number of nitrogens with one attached hydrogen (secondary N) is 1. The Balaban J connectivity index is 2.97.